The smallest absolute Gasteiger partial charge is 0.328 e. The number of amides is 1. The fourth-order valence-electron chi connectivity index (χ4n) is 2.83. The van der Waals surface area contributed by atoms with E-state index in [2.05, 4.69) is 5.32 Å². The Labute approximate surface area is 169 Å². The van der Waals surface area contributed by atoms with E-state index in [9.17, 15) is 9.36 Å². The minimum absolute atomic E-state index is 0.248. The Hall–Kier alpha value is -2.53. The topological polar surface area (TPSA) is 81.4 Å². The van der Waals surface area contributed by atoms with Crippen LogP contribution in [0, 0.1) is 0 Å². The number of nitrogen functional groups attached to an aromatic ring is 1. The van der Waals surface area contributed by atoms with Gasteiger partial charge in [0.1, 0.15) is 5.60 Å². The van der Waals surface area contributed by atoms with E-state index < -0.39 is 5.60 Å². The molecule has 0 saturated carbocycles. The molecule has 28 heavy (non-hydrogen) atoms. The lowest BCUT2D eigenvalue weighted by Gasteiger charge is -2.25. The highest BCUT2D eigenvalue weighted by molar-refractivity contribution is 7.17. The Morgan fingerprint density at radius 1 is 1.21 bits per heavy atom. The van der Waals surface area contributed by atoms with Crippen molar-refractivity contribution < 1.29 is 13.9 Å². The van der Waals surface area contributed by atoms with Gasteiger partial charge in [0.05, 0.1) is 11.4 Å². The van der Waals surface area contributed by atoms with E-state index in [0.29, 0.717) is 23.4 Å². The number of nitrogens with two attached hydrogens (primary N) is 1. The zero-order valence-electron chi connectivity index (χ0n) is 15.6. The molecule has 1 unspecified atom stereocenters. The van der Waals surface area contributed by atoms with Crippen LogP contribution in [0.3, 0.4) is 0 Å². The van der Waals surface area contributed by atoms with Crippen LogP contribution in [0.2, 0.25) is 0 Å². The Balaban J connectivity index is 1.80. The molecule has 1 heterocycles. The van der Waals surface area contributed by atoms with Gasteiger partial charge in [-0.2, -0.15) is 0 Å². The number of hydrogen-bond acceptors (Lipinski definition) is 5. The summed E-state index contributed by atoms with van der Waals surface area (Å²) in [6.07, 6.45) is 0.653. The molecular weight excluding hydrogens is 391 g/mol. The second-order valence-corrected chi connectivity index (χ2v) is 7.84. The van der Waals surface area contributed by atoms with Crippen LogP contribution in [0.25, 0.3) is 10.4 Å². The molecule has 0 aliphatic heterocycles. The summed E-state index contributed by atoms with van der Waals surface area (Å²) in [6.45, 7) is 3.82. The summed E-state index contributed by atoms with van der Waals surface area (Å²) < 4.78 is 16.2. The van der Waals surface area contributed by atoms with Gasteiger partial charge in [0.25, 0.3) is 5.91 Å². The third kappa shape index (κ3) is 4.30. The Kier molecular flexibility index (Phi) is 6.25. The van der Waals surface area contributed by atoms with Crippen molar-refractivity contribution in [3.63, 3.8) is 0 Å². The number of thiophene rings is 1. The van der Waals surface area contributed by atoms with E-state index in [1.807, 2.05) is 55.6 Å². The molecule has 3 aromatic rings. The molecule has 5 nitrogen and oxygen atoms in total. The fraction of sp³-hybridized carbons (Fsp3) is 0.190. The summed E-state index contributed by atoms with van der Waals surface area (Å²) in [4.78, 5) is 13.8. The second-order valence-electron chi connectivity index (χ2n) is 6.56. The number of rotatable bonds is 7. The third-order valence-corrected chi connectivity index (χ3v) is 6.17. The largest absolute Gasteiger partial charge is 0.397 e. The van der Waals surface area contributed by atoms with Crippen LogP contribution in [0.1, 0.15) is 36.2 Å². The summed E-state index contributed by atoms with van der Waals surface area (Å²) in [5.41, 5.74) is 8.82. The average Bonchev–Trinajstić information content (AvgIpc) is 3.24. The van der Waals surface area contributed by atoms with Crippen molar-refractivity contribution in [3.8, 4) is 10.4 Å². The zero-order valence-corrected chi connectivity index (χ0v) is 17.3. The summed E-state index contributed by atoms with van der Waals surface area (Å²) in [6, 6.07) is 16.7. The molecule has 0 fully saturated rings. The molecule has 0 aliphatic rings. The third-order valence-electron chi connectivity index (χ3n) is 4.78. The van der Waals surface area contributed by atoms with Gasteiger partial charge < -0.3 is 11.1 Å². The van der Waals surface area contributed by atoms with Crippen LogP contribution < -0.4 is 11.1 Å². The number of carbonyl (C=O) groups excluding carboxylic acids is 1. The van der Waals surface area contributed by atoms with E-state index in [0.717, 1.165) is 16.0 Å². The van der Waals surface area contributed by atoms with Crippen molar-refractivity contribution in [3.05, 3.63) is 71.1 Å². The van der Waals surface area contributed by atoms with E-state index in [1.165, 1.54) is 0 Å². The molecule has 0 aliphatic carbocycles. The average molecular weight is 412 g/mol. The van der Waals surface area contributed by atoms with Gasteiger partial charge in [-0.1, -0.05) is 31.2 Å². The molecule has 1 atom stereocenters. The molecule has 3 rings (SSSR count). The number of benzene rings is 2. The van der Waals surface area contributed by atoms with Crippen molar-refractivity contribution in [1.82, 2.24) is 0 Å². The van der Waals surface area contributed by atoms with E-state index in [4.69, 9.17) is 10.3 Å². The second kappa shape index (κ2) is 8.65. The first-order valence-corrected chi connectivity index (χ1v) is 10.4. The first kappa shape index (κ1) is 20.2. The number of anilines is 2. The first-order valence-electron chi connectivity index (χ1n) is 8.83. The molecule has 0 saturated heterocycles. The summed E-state index contributed by atoms with van der Waals surface area (Å²) >= 11 is 1.63. The van der Waals surface area contributed by atoms with E-state index >= 15 is 0 Å². The Morgan fingerprint density at radius 2 is 1.96 bits per heavy atom. The van der Waals surface area contributed by atoms with Gasteiger partial charge in [0.2, 0.25) is 0 Å². The summed E-state index contributed by atoms with van der Waals surface area (Å²) in [5.74, 6) is -0.248. The highest BCUT2D eigenvalue weighted by Crippen LogP contribution is 2.33. The maximum absolute atomic E-state index is 12.7. The van der Waals surface area contributed by atoms with Gasteiger partial charge >= 0.3 is 8.69 Å². The summed E-state index contributed by atoms with van der Waals surface area (Å²) in [5, 5.41) is 4.89. The number of hydrogen-bond donors (Lipinski definition) is 2. The van der Waals surface area contributed by atoms with E-state index in [-0.39, 0.29) is 14.6 Å². The van der Waals surface area contributed by atoms with Crippen LogP contribution in [0.4, 0.5) is 11.4 Å². The standard InChI is InChI=1S/C21H21N2O3PS/c1-3-21(2,26-27-25)16-9-6-14(7-10-16)20(24)23-18-13-15(8-11-17(18)22)19-5-4-12-28-19/h4-13H,3,22H2,1-2H3,(H,23,24). The molecule has 1 amide bonds. The van der Waals surface area contributed by atoms with Gasteiger partial charge in [-0.3, -0.25) is 9.32 Å². The highest BCUT2D eigenvalue weighted by atomic mass is 32.1. The van der Waals surface area contributed by atoms with Crippen molar-refractivity contribution in [2.24, 2.45) is 0 Å². The van der Waals surface area contributed by atoms with Gasteiger partial charge in [-0.05, 0) is 60.2 Å². The van der Waals surface area contributed by atoms with Gasteiger partial charge in [0.15, 0.2) is 0 Å². The molecule has 0 bridgehead atoms. The van der Waals surface area contributed by atoms with Crippen LogP contribution >= 0.6 is 20.0 Å². The highest BCUT2D eigenvalue weighted by Gasteiger charge is 2.26. The molecular formula is C21H21N2O3PS. The minimum atomic E-state index is -0.669. The van der Waals surface area contributed by atoms with Crippen LogP contribution in [0.15, 0.2) is 60.0 Å². The normalized spacial score (nSPS) is 13.2. The van der Waals surface area contributed by atoms with Crippen LogP contribution in [-0.4, -0.2) is 5.91 Å². The van der Waals surface area contributed by atoms with Crippen molar-refractivity contribution in [2.75, 3.05) is 11.1 Å². The van der Waals surface area contributed by atoms with Crippen LogP contribution in [0.5, 0.6) is 0 Å². The van der Waals surface area contributed by atoms with Crippen molar-refractivity contribution in [2.45, 2.75) is 25.9 Å². The lowest BCUT2D eigenvalue weighted by molar-refractivity contribution is 0.0991. The lowest BCUT2D eigenvalue weighted by atomic mass is 9.92. The van der Waals surface area contributed by atoms with Crippen molar-refractivity contribution in [1.29, 1.82) is 0 Å². The molecule has 144 valence electrons. The molecule has 0 spiro atoms. The van der Waals surface area contributed by atoms with E-state index in [1.54, 1.807) is 29.5 Å². The Morgan fingerprint density at radius 3 is 2.57 bits per heavy atom. The maximum Gasteiger partial charge on any atom is 0.328 e. The zero-order chi connectivity index (χ0) is 20.1. The summed E-state index contributed by atoms with van der Waals surface area (Å²) in [7, 11) is -0.370. The predicted molar refractivity (Wildman–Crippen MR) is 115 cm³/mol. The molecule has 7 heteroatoms. The Bertz CT molecular complexity index is 974. The quantitative estimate of drug-likeness (QED) is 0.363. The predicted octanol–water partition coefficient (Wildman–Crippen LogP) is 6.10. The monoisotopic (exact) mass is 412 g/mol. The van der Waals surface area contributed by atoms with Gasteiger partial charge in [-0.25, -0.2) is 4.57 Å². The fourth-order valence-corrected chi connectivity index (χ4v) is 3.96. The molecule has 0 radical (unpaired) electrons. The van der Waals surface area contributed by atoms with Crippen molar-refractivity contribution >= 4 is 37.3 Å². The number of carbonyl (C=O) groups is 1. The molecule has 2 aromatic carbocycles. The van der Waals surface area contributed by atoms with Gasteiger partial charge in [0, 0.05) is 10.4 Å². The van der Waals surface area contributed by atoms with Crippen LogP contribution in [-0.2, 0) is 14.7 Å². The lowest BCUT2D eigenvalue weighted by Crippen LogP contribution is -2.21. The van der Waals surface area contributed by atoms with Gasteiger partial charge in [-0.15, -0.1) is 11.3 Å². The minimum Gasteiger partial charge on any atom is -0.397 e. The molecule has 1 aromatic heterocycles. The number of nitrogens with one attached hydrogen (secondary N) is 1. The molecule has 3 N–H and O–H groups in total. The SMILES string of the molecule is CCC(C)(OP=O)c1ccc(C(=O)Nc2cc(-c3cccs3)ccc2N)cc1. The maximum atomic E-state index is 12.7. The first-order chi connectivity index (χ1) is 13.5.